The first-order chi connectivity index (χ1) is 7.51. The second kappa shape index (κ2) is 4.53. The van der Waals surface area contributed by atoms with Gasteiger partial charge >= 0.3 is 5.97 Å². The van der Waals surface area contributed by atoms with Crippen LogP contribution in [0, 0.1) is 11.3 Å². The van der Waals surface area contributed by atoms with Crippen LogP contribution in [0.15, 0.2) is 10.9 Å². The van der Waals surface area contributed by atoms with Crippen LogP contribution in [-0.4, -0.2) is 18.1 Å². The largest absolute Gasteiger partial charge is 0.465 e. The summed E-state index contributed by atoms with van der Waals surface area (Å²) in [6.07, 6.45) is -3.04. The Balaban J connectivity index is 3.54. The van der Waals surface area contributed by atoms with Crippen LogP contribution in [0.2, 0.25) is 0 Å². The number of H-pyrrole nitrogens is 1. The molecule has 0 saturated heterocycles. The van der Waals surface area contributed by atoms with E-state index in [1.54, 1.807) is 0 Å². The second-order valence-electron chi connectivity index (χ2n) is 2.75. The van der Waals surface area contributed by atoms with Gasteiger partial charge in [0.15, 0.2) is 0 Å². The van der Waals surface area contributed by atoms with Crippen molar-refractivity contribution in [2.45, 2.75) is 6.43 Å². The van der Waals surface area contributed by atoms with Gasteiger partial charge in [0.25, 0.3) is 12.0 Å². The summed E-state index contributed by atoms with van der Waals surface area (Å²) in [5, 5.41) is 8.47. The molecule has 0 aromatic carbocycles. The zero-order valence-corrected chi connectivity index (χ0v) is 8.08. The summed E-state index contributed by atoms with van der Waals surface area (Å²) in [5.74, 6) is -1.17. The normalized spacial score (nSPS) is 9.94. The highest BCUT2D eigenvalue weighted by Gasteiger charge is 2.23. The van der Waals surface area contributed by atoms with Crippen molar-refractivity contribution in [1.82, 2.24) is 4.98 Å². The Morgan fingerprint density at radius 3 is 2.69 bits per heavy atom. The summed E-state index contributed by atoms with van der Waals surface area (Å²) >= 11 is 0. The van der Waals surface area contributed by atoms with E-state index in [0.717, 1.165) is 13.2 Å². The summed E-state index contributed by atoms with van der Waals surface area (Å²) < 4.78 is 29.3. The maximum atomic E-state index is 12.6. The highest BCUT2D eigenvalue weighted by atomic mass is 19.3. The number of nitrogens with zero attached hydrogens (tertiary/aromatic N) is 1. The van der Waals surface area contributed by atoms with Crippen molar-refractivity contribution in [3.8, 4) is 6.07 Å². The Labute approximate surface area is 88.3 Å². The van der Waals surface area contributed by atoms with Crippen LogP contribution in [0.25, 0.3) is 0 Å². The molecule has 0 aliphatic carbocycles. The third kappa shape index (κ3) is 2.06. The minimum Gasteiger partial charge on any atom is -0.465 e. The first kappa shape index (κ1) is 11.8. The SMILES string of the molecule is COC(=O)c1c(C(F)F)cc(C#N)[nH]c1=O. The zero-order chi connectivity index (χ0) is 12.3. The topological polar surface area (TPSA) is 82.9 Å². The first-order valence-electron chi connectivity index (χ1n) is 4.05. The highest BCUT2D eigenvalue weighted by molar-refractivity contribution is 5.90. The van der Waals surface area contributed by atoms with Gasteiger partial charge in [-0.2, -0.15) is 5.26 Å². The van der Waals surface area contributed by atoms with Crippen molar-refractivity contribution >= 4 is 5.97 Å². The van der Waals surface area contributed by atoms with Crippen LogP contribution in [0.5, 0.6) is 0 Å². The number of alkyl halides is 2. The molecular weight excluding hydrogens is 222 g/mol. The molecule has 0 amide bonds. The quantitative estimate of drug-likeness (QED) is 0.764. The number of pyridine rings is 1. The highest BCUT2D eigenvalue weighted by Crippen LogP contribution is 2.21. The van der Waals surface area contributed by atoms with Gasteiger partial charge in [0, 0.05) is 5.56 Å². The Kier molecular flexibility index (Phi) is 3.35. The summed E-state index contributed by atoms with van der Waals surface area (Å²) in [6.45, 7) is 0. The molecule has 5 nitrogen and oxygen atoms in total. The fraction of sp³-hybridized carbons (Fsp3) is 0.222. The van der Waals surface area contributed by atoms with Crippen LogP contribution < -0.4 is 5.56 Å². The molecule has 0 aliphatic rings. The molecule has 16 heavy (non-hydrogen) atoms. The number of methoxy groups -OCH3 is 1. The number of aromatic amines is 1. The lowest BCUT2D eigenvalue weighted by Crippen LogP contribution is -2.22. The van der Waals surface area contributed by atoms with Crippen molar-refractivity contribution in [3.63, 3.8) is 0 Å². The number of carbonyl (C=O) groups is 1. The van der Waals surface area contributed by atoms with Crippen LogP contribution in [0.3, 0.4) is 0 Å². The minimum atomic E-state index is -3.04. The van der Waals surface area contributed by atoms with E-state index in [2.05, 4.69) is 4.74 Å². The van der Waals surface area contributed by atoms with Crippen LogP contribution in [0.1, 0.15) is 28.0 Å². The molecule has 0 saturated carbocycles. The van der Waals surface area contributed by atoms with Crippen molar-refractivity contribution in [1.29, 1.82) is 5.26 Å². The molecule has 0 spiro atoms. The van der Waals surface area contributed by atoms with Gasteiger partial charge in [0.05, 0.1) is 7.11 Å². The van der Waals surface area contributed by atoms with E-state index in [9.17, 15) is 18.4 Å². The second-order valence-corrected chi connectivity index (χ2v) is 2.75. The van der Waals surface area contributed by atoms with E-state index in [0.29, 0.717) is 0 Å². The average Bonchev–Trinajstić information content (AvgIpc) is 2.26. The molecular formula is C9H6F2N2O3. The predicted molar refractivity (Wildman–Crippen MR) is 48.1 cm³/mol. The maximum Gasteiger partial charge on any atom is 0.344 e. The van der Waals surface area contributed by atoms with E-state index < -0.39 is 29.1 Å². The van der Waals surface area contributed by atoms with Gasteiger partial charge in [-0.3, -0.25) is 4.79 Å². The third-order valence-electron chi connectivity index (χ3n) is 1.81. The lowest BCUT2D eigenvalue weighted by Gasteiger charge is -2.05. The molecule has 84 valence electrons. The molecule has 1 heterocycles. The van der Waals surface area contributed by atoms with Crippen molar-refractivity contribution in [2.75, 3.05) is 7.11 Å². The van der Waals surface area contributed by atoms with Crippen LogP contribution in [0.4, 0.5) is 8.78 Å². The predicted octanol–water partition coefficient (Wildman–Crippen LogP) is 0.971. The number of hydrogen-bond acceptors (Lipinski definition) is 4. The standard InChI is InChI=1S/C9H6F2N2O3/c1-16-9(15)6-5(7(10)11)2-4(3-12)13-8(6)14/h2,7H,1H3,(H,13,14). The van der Waals surface area contributed by atoms with Gasteiger partial charge in [-0.25, -0.2) is 13.6 Å². The number of halogens is 2. The fourth-order valence-electron chi connectivity index (χ4n) is 1.12. The number of hydrogen-bond donors (Lipinski definition) is 1. The van der Waals surface area contributed by atoms with Gasteiger partial charge in [-0.15, -0.1) is 0 Å². The number of carbonyl (C=O) groups excluding carboxylic acids is 1. The zero-order valence-electron chi connectivity index (χ0n) is 8.08. The van der Waals surface area contributed by atoms with Crippen molar-refractivity contribution < 1.29 is 18.3 Å². The Morgan fingerprint density at radius 1 is 1.62 bits per heavy atom. The number of ether oxygens (including phenoxy) is 1. The van der Waals surface area contributed by atoms with E-state index in [-0.39, 0.29) is 5.69 Å². The molecule has 0 atom stereocenters. The molecule has 1 rings (SSSR count). The molecule has 0 aliphatic heterocycles. The summed E-state index contributed by atoms with van der Waals surface area (Å²) in [5.41, 5.74) is -3.00. The smallest absolute Gasteiger partial charge is 0.344 e. The number of rotatable bonds is 2. The molecule has 0 radical (unpaired) electrons. The van der Waals surface area contributed by atoms with E-state index in [1.165, 1.54) is 6.07 Å². The number of nitrogens with one attached hydrogen (secondary N) is 1. The molecule has 0 unspecified atom stereocenters. The molecule has 1 aromatic heterocycles. The molecule has 1 N–H and O–H groups in total. The first-order valence-corrected chi connectivity index (χ1v) is 4.05. The van der Waals surface area contributed by atoms with Crippen molar-refractivity contribution in [2.24, 2.45) is 0 Å². The van der Waals surface area contributed by atoms with E-state index in [4.69, 9.17) is 5.26 Å². The number of nitriles is 1. The number of aromatic nitrogens is 1. The van der Waals surface area contributed by atoms with Crippen molar-refractivity contribution in [3.05, 3.63) is 33.2 Å². The van der Waals surface area contributed by atoms with Gasteiger partial charge in [-0.05, 0) is 6.07 Å². The van der Waals surface area contributed by atoms with Gasteiger partial charge in [0.1, 0.15) is 17.3 Å². The van der Waals surface area contributed by atoms with Gasteiger partial charge in [0.2, 0.25) is 0 Å². The molecule has 0 fully saturated rings. The lowest BCUT2D eigenvalue weighted by atomic mass is 10.1. The Hall–Kier alpha value is -2.23. The maximum absolute atomic E-state index is 12.6. The van der Waals surface area contributed by atoms with Crippen LogP contribution >= 0.6 is 0 Å². The van der Waals surface area contributed by atoms with E-state index >= 15 is 0 Å². The minimum absolute atomic E-state index is 0.340. The fourth-order valence-corrected chi connectivity index (χ4v) is 1.12. The summed E-state index contributed by atoms with van der Waals surface area (Å²) in [7, 11) is 0.967. The Morgan fingerprint density at radius 2 is 2.25 bits per heavy atom. The molecule has 1 aromatic rings. The molecule has 0 bridgehead atoms. The third-order valence-corrected chi connectivity index (χ3v) is 1.81. The molecule has 7 heteroatoms. The number of esters is 1. The average molecular weight is 228 g/mol. The lowest BCUT2D eigenvalue weighted by molar-refractivity contribution is 0.0587. The summed E-state index contributed by atoms with van der Waals surface area (Å²) in [6, 6.07) is 2.25. The van der Waals surface area contributed by atoms with Gasteiger partial charge < -0.3 is 9.72 Å². The van der Waals surface area contributed by atoms with Gasteiger partial charge in [-0.1, -0.05) is 0 Å². The summed E-state index contributed by atoms with van der Waals surface area (Å²) in [4.78, 5) is 24.4. The van der Waals surface area contributed by atoms with E-state index in [1.807, 2.05) is 4.98 Å². The Bertz CT molecular complexity index is 516. The van der Waals surface area contributed by atoms with Crippen LogP contribution in [-0.2, 0) is 4.74 Å². The monoisotopic (exact) mass is 228 g/mol.